The van der Waals surface area contributed by atoms with Crippen LogP contribution in [0, 0.1) is 11.3 Å². The van der Waals surface area contributed by atoms with E-state index in [0.717, 1.165) is 25.4 Å². The largest absolute Gasteiger partial charge is 0.492 e. The Morgan fingerprint density at radius 3 is 3.13 bits per heavy atom. The van der Waals surface area contributed by atoms with Crippen molar-refractivity contribution in [3.63, 3.8) is 0 Å². The van der Waals surface area contributed by atoms with Crippen LogP contribution in [0.15, 0.2) is 36.9 Å². The molecule has 0 spiro atoms. The van der Waals surface area contributed by atoms with Gasteiger partial charge >= 0.3 is 0 Å². The highest BCUT2D eigenvalue weighted by atomic mass is 16.5. The van der Waals surface area contributed by atoms with Gasteiger partial charge in [0.15, 0.2) is 0 Å². The summed E-state index contributed by atoms with van der Waals surface area (Å²) in [6.07, 6.45) is 7.04. The van der Waals surface area contributed by atoms with Gasteiger partial charge in [0.1, 0.15) is 25.0 Å². The van der Waals surface area contributed by atoms with Crippen LogP contribution in [0.4, 0.5) is 0 Å². The standard InChI is InChI=1S/C17H21N5O/c18-11-15-4-3-6-17(10-15)23-9-8-21-7-2-1-5-16(21)12-22-14-19-13-20-22/h3-4,6,10,13-14,16H,1-2,5,7-9,12H2/t16-/m1/s1. The molecule has 3 rings (SSSR count). The predicted octanol–water partition coefficient (Wildman–Crippen LogP) is 2.08. The van der Waals surface area contributed by atoms with Crippen molar-refractivity contribution in [2.45, 2.75) is 31.8 Å². The molecular weight excluding hydrogens is 290 g/mol. The number of likely N-dealkylation sites (tertiary alicyclic amines) is 1. The number of ether oxygens (including phenoxy) is 1. The summed E-state index contributed by atoms with van der Waals surface area (Å²) in [6, 6.07) is 9.93. The van der Waals surface area contributed by atoms with Crippen molar-refractivity contribution in [1.82, 2.24) is 19.7 Å². The molecule has 1 aliphatic heterocycles. The summed E-state index contributed by atoms with van der Waals surface area (Å²) >= 11 is 0. The number of nitriles is 1. The molecule has 1 saturated heterocycles. The van der Waals surface area contributed by atoms with Gasteiger partial charge < -0.3 is 4.74 Å². The maximum atomic E-state index is 8.92. The molecule has 0 N–H and O–H groups in total. The van der Waals surface area contributed by atoms with Crippen LogP contribution in [-0.4, -0.2) is 45.4 Å². The Kier molecular flexibility index (Phi) is 5.22. The molecule has 23 heavy (non-hydrogen) atoms. The van der Waals surface area contributed by atoms with Gasteiger partial charge in [0.05, 0.1) is 18.2 Å². The molecule has 120 valence electrons. The van der Waals surface area contributed by atoms with Crippen LogP contribution in [-0.2, 0) is 6.54 Å². The molecule has 2 aromatic rings. The fourth-order valence-corrected chi connectivity index (χ4v) is 3.04. The summed E-state index contributed by atoms with van der Waals surface area (Å²) in [4.78, 5) is 6.48. The predicted molar refractivity (Wildman–Crippen MR) is 85.9 cm³/mol. The van der Waals surface area contributed by atoms with E-state index in [2.05, 4.69) is 21.1 Å². The highest BCUT2D eigenvalue weighted by Gasteiger charge is 2.22. The van der Waals surface area contributed by atoms with Crippen molar-refractivity contribution < 1.29 is 4.74 Å². The second kappa shape index (κ2) is 7.75. The summed E-state index contributed by atoms with van der Waals surface area (Å²) in [7, 11) is 0. The van der Waals surface area contributed by atoms with Gasteiger partial charge in [-0.25, -0.2) is 4.98 Å². The lowest BCUT2D eigenvalue weighted by Gasteiger charge is -2.35. The molecule has 1 aliphatic rings. The van der Waals surface area contributed by atoms with Gasteiger partial charge in [-0.3, -0.25) is 9.58 Å². The molecule has 6 heteroatoms. The Labute approximate surface area is 136 Å². The first-order chi connectivity index (χ1) is 11.3. The fraction of sp³-hybridized carbons (Fsp3) is 0.471. The third kappa shape index (κ3) is 4.30. The van der Waals surface area contributed by atoms with Gasteiger partial charge in [-0.1, -0.05) is 12.5 Å². The van der Waals surface area contributed by atoms with E-state index in [1.54, 1.807) is 24.8 Å². The number of benzene rings is 1. The van der Waals surface area contributed by atoms with E-state index in [0.29, 0.717) is 18.2 Å². The van der Waals surface area contributed by atoms with Crippen molar-refractivity contribution in [3.8, 4) is 11.8 Å². The van der Waals surface area contributed by atoms with Crippen molar-refractivity contribution in [2.75, 3.05) is 19.7 Å². The number of aromatic nitrogens is 3. The first-order valence-corrected chi connectivity index (χ1v) is 8.04. The molecule has 1 aromatic carbocycles. The monoisotopic (exact) mass is 311 g/mol. The van der Waals surface area contributed by atoms with Gasteiger partial charge in [0.2, 0.25) is 0 Å². The smallest absolute Gasteiger partial charge is 0.137 e. The molecule has 0 aliphatic carbocycles. The van der Waals surface area contributed by atoms with Gasteiger partial charge in [-0.2, -0.15) is 10.4 Å². The molecule has 0 saturated carbocycles. The Morgan fingerprint density at radius 1 is 1.35 bits per heavy atom. The maximum Gasteiger partial charge on any atom is 0.137 e. The van der Waals surface area contributed by atoms with E-state index < -0.39 is 0 Å². The van der Waals surface area contributed by atoms with E-state index in [1.807, 2.05) is 16.8 Å². The lowest BCUT2D eigenvalue weighted by atomic mass is 10.0. The molecule has 1 atom stereocenters. The summed E-state index contributed by atoms with van der Waals surface area (Å²) in [5.41, 5.74) is 0.629. The number of hydrogen-bond acceptors (Lipinski definition) is 5. The lowest BCUT2D eigenvalue weighted by molar-refractivity contribution is 0.109. The molecule has 1 aromatic heterocycles. The minimum Gasteiger partial charge on any atom is -0.492 e. The Balaban J connectivity index is 1.52. The van der Waals surface area contributed by atoms with E-state index in [9.17, 15) is 0 Å². The highest BCUT2D eigenvalue weighted by molar-refractivity contribution is 5.36. The summed E-state index contributed by atoms with van der Waals surface area (Å²) in [6.45, 7) is 3.49. The zero-order chi connectivity index (χ0) is 15.9. The molecule has 1 fully saturated rings. The summed E-state index contributed by atoms with van der Waals surface area (Å²) in [5, 5.41) is 13.1. The van der Waals surface area contributed by atoms with E-state index in [1.165, 1.54) is 19.3 Å². The number of nitrogens with zero attached hydrogens (tertiary/aromatic N) is 5. The first-order valence-electron chi connectivity index (χ1n) is 8.04. The molecular formula is C17H21N5O. The zero-order valence-electron chi connectivity index (χ0n) is 13.1. The van der Waals surface area contributed by atoms with Crippen LogP contribution >= 0.6 is 0 Å². The van der Waals surface area contributed by atoms with E-state index >= 15 is 0 Å². The number of rotatable bonds is 6. The SMILES string of the molecule is N#Cc1cccc(OCCN2CCCC[C@@H]2Cn2cncn2)c1. The van der Waals surface area contributed by atoms with Crippen molar-refractivity contribution in [2.24, 2.45) is 0 Å². The average molecular weight is 311 g/mol. The third-order valence-corrected chi connectivity index (χ3v) is 4.22. The fourth-order valence-electron chi connectivity index (χ4n) is 3.04. The zero-order valence-corrected chi connectivity index (χ0v) is 13.1. The van der Waals surface area contributed by atoms with Crippen molar-refractivity contribution >= 4 is 0 Å². The topological polar surface area (TPSA) is 67.0 Å². The Hall–Kier alpha value is -2.39. The van der Waals surface area contributed by atoms with Gasteiger partial charge in [0, 0.05) is 12.6 Å². The Morgan fingerprint density at radius 2 is 2.30 bits per heavy atom. The number of piperidine rings is 1. The van der Waals surface area contributed by atoms with Crippen LogP contribution in [0.1, 0.15) is 24.8 Å². The quantitative estimate of drug-likeness (QED) is 0.817. The first kappa shape index (κ1) is 15.5. The van der Waals surface area contributed by atoms with Crippen LogP contribution < -0.4 is 4.74 Å². The second-order valence-corrected chi connectivity index (χ2v) is 5.79. The van der Waals surface area contributed by atoms with Crippen LogP contribution in [0.3, 0.4) is 0 Å². The normalized spacial score (nSPS) is 18.5. The lowest BCUT2D eigenvalue weighted by Crippen LogP contribution is -2.44. The van der Waals surface area contributed by atoms with E-state index in [-0.39, 0.29) is 0 Å². The van der Waals surface area contributed by atoms with Gasteiger partial charge in [0.25, 0.3) is 0 Å². The minimum absolute atomic E-state index is 0.486. The van der Waals surface area contributed by atoms with Crippen molar-refractivity contribution in [1.29, 1.82) is 5.26 Å². The van der Waals surface area contributed by atoms with E-state index in [4.69, 9.17) is 10.00 Å². The summed E-state index contributed by atoms with van der Waals surface area (Å²) < 4.78 is 7.71. The summed E-state index contributed by atoms with van der Waals surface area (Å²) in [5.74, 6) is 0.758. The Bertz CT molecular complexity index is 649. The molecule has 2 heterocycles. The maximum absolute atomic E-state index is 8.92. The van der Waals surface area contributed by atoms with Crippen LogP contribution in [0.25, 0.3) is 0 Å². The van der Waals surface area contributed by atoms with Crippen molar-refractivity contribution in [3.05, 3.63) is 42.5 Å². The number of hydrogen-bond donors (Lipinski definition) is 0. The third-order valence-electron chi connectivity index (χ3n) is 4.22. The second-order valence-electron chi connectivity index (χ2n) is 5.79. The average Bonchev–Trinajstić information content (AvgIpc) is 3.10. The van der Waals surface area contributed by atoms with Crippen LogP contribution in [0.2, 0.25) is 0 Å². The molecule has 0 bridgehead atoms. The molecule has 0 radical (unpaired) electrons. The van der Waals surface area contributed by atoms with Gasteiger partial charge in [-0.15, -0.1) is 0 Å². The minimum atomic E-state index is 0.486. The molecule has 0 amide bonds. The van der Waals surface area contributed by atoms with Crippen LogP contribution in [0.5, 0.6) is 5.75 Å². The molecule has 0 unspecified atom stereocenters. The highest BCUT2D eigenvalue weighted by Crippen LogP contribution is 2.18. The molecule has 6 nitrogen and oxygen atoms in total. The van der Waals surface area contributed by atoms with Gasteiger partial charge in [-0.05, 0) is 37.6 Å².